The first-order valence-corrected chi connectivity index (χ1v) is 7.30. The molecule has 2 rings (SSSR count). The summed E-state index contributed by atoms with van der Waals surface area (Å²) in [6, 6.07) is 4.11. The van der Waals surface area contributed by atoms with Crippen molar-refractivity contribution in [3.63, 3.8) is 0 Å². The molecule has 0 aromatic carbocycles. The van der Waals surface area contributed by atoms with Gasteiger partial charge in [0, 0.05) is 24.8 Å². The molecule has 0 aliphatic rings. The lowest BCUT2D eigenvalue weighted by molar-refractivity contribution is -0.120. The number of aromatic nitrogens is 1. The lowest BCUT2D eigenvalue weighted by Crippen LogP contribution is -2.24. The summed E-state index contributed by atoms with van der Waals surface area (Å²) in [7, 11) is 0. The van der Waals surface area contributed by atoms with Gasteiger partial charge in [-0.1, -0.05) is 13.0 Å². The summed E-state index contributed by atoms with van der Waals surface area (Å²) in [5, 5.41) is 8.04. The van der Waals surface area contributed by atoms with E-state index in [0.29, 0.717) is 13.0 Å². The van der Waals surface area contributed by atoms with Gasteiger partial charge >= 0.3 is 0 Å². The minimum atomic E-state index is 0.0960. The van der Waals surface area contributed by atoms with Gasteiger partial charge in [-0.3, -0.25) is 4.79 Å². The number of nitrogens with one attached hydrogen (secondary N) is 1. The largest absolute Gasteiger partial charge is 0.356 e. The zero-order valence-corrected chi connectivity index (χ0v) is 11.2. The van der Waals surface area contributed by atoms with Crippen molar-refractivity contribution in [2.24, 2.45) is 0 Å². The Morgan fingerprint density at radius 1 is 1.47 bits per heavy atom. The molecule has 3 nitrogen and oxygen atoms in total. The number of thiophene rings is 1. The third-order valence-electron chi connectivity index (χ3n) is 2.31. The number of thiazole rings is 1. The van der Waals surface area contributed by atoms with Gasteiger partial charge in [-0.05, 0) is 11.4 Å². The van der Waals surface area contributed by atoms with Crippen LogP contribution in [0.15, 0.2) is 22.9 Å². The van der Waals surface area contributed by atoms with Crippen molar-refractivity contribution in [2.75, 3.05) is 6.54 Å². The smallest absolute Gasteiger partial charge is 0.219 e. The van der Waals surface area contributed by atoms with Crippen LogP contribution < -0.4 is 5.32 Å². The molecule has 1 amide bonds. The van der Waals surface area contributed by atoms with E-state index in [0.717, 1.165) is 17.1 Å². The highest BCUT2D eigenvalue weighted by Crippen LogP contribution is 2.27. The maximum atomic E-state index is 11.1. The molecule has 0 aliphatic carbocycles. The molecule has 0 fully saturated rings. The first-order valence-electron chi connectivity index (χ1n) is 5.54. The molecule has 2 aromatic rings. The van der Waals surface area contributed by atoms with Gasteiger partial charge < -0.3 is 5.32 Å². The van der Waals surface area contributed by atoms with E-state index in [2.05, 4.69) is 27.1 Å². The molecule has 0 aliphatic heterocycles. The van der Waals surface area contributed by atoms with Crippen molar-refractivity contribution in [1.29, 1.82) is 0 Å². The monoisotopic (exact) mass is 266 g/mol. The summed E-state index contributed by atoms with van der Waals surface area (Å²) >= 11 is 3.36. The maximum Gasteiger partial charge on any atom is 0.219 e. The standard InChI is InChI=1S/C12H14N2OS2/c1-2-11(15)13-6-5-9-8-17-12(14-9)10-4-3-7-16-10/h3-4,7-8H,2,5-6H2,1H3,(H,13,15). The number of amides is 1. The molecule has 2 heterocycles. The van der Waals surface area contributed by atoms with Gasteiger partial charge in [-0.2, -0.15) is 0 Å². The predicted molar refractivity (Wildman–Crippen MR) is 72.4 cm³/mol. The number of hydrogen-bond donors (Lipinski definition) is 1. The van der Waals surface area contributed by atoms with Crippen molar-refractivity contribution < 1.29 is 4.79 Å². The minimum absolute atomic E-state index is 0.0960. The Hall–Kier alpha value is -1.20. The van der Waals surface area contributed by atoms with Crippen LogP contribution in [0.3, 0.4) is 0 Å². The van der Waals surface area contributed by atoms with Crippen LogP contribution in [0.4, 0.5) is 0 Å². The molecule has 90 valence electrons. The molecule has 0 unspecified atom stereocenters. The van der Waals surface area contributed by atoms with E-state index in [-0.39, 0.29) is 5.91 Å². The van der Waals surface area contributed by atoms with Gasteiger partial charge in [-0.15, -0.1) is 22.7 Å². The SMILES string of the molecule is CCC(=O)NCCc1csc(-c2cccs2)n1. The summed E-state index contributed by atoms with van der Waals surface area (Å²) in [4.78, 5) is 16.8. The van der Waals surface area contributed by atoms with Gasteiger partial charge in [0.2, 0.25) is 5.91 Å². The molecule has 0 spiro atoms. The quantitative estimate of drug-likeness (QED) is 0.904. The van der Waals surface area contributed by atoms with Crippen molar-refractivity contribution in [2.45, 2.75) is 19.8 Å². The summed E-state index contributed by atoms with van der Waals surface area (Å²) in [5.74, 6) is 0.0960. The highest BCUT2D eigenvalue weighted by molar-refractivity contribution is 7.20. The lowest BCUT2D eigenvalue weighted by Gasteiger charge is -2.00. The zero-order chi connectivity index (χ0) is 12.1. The van der Waals surface area contributed by atoms with Crippen molar-refractivity contribution in [3.05, 3.63) is 28.6 Å². The van der Waals surface area contributed by atoms with E-state index >= 15 is 0 Å². The summed E-state index contributed by atoms with van der Waals surface area (Å²) in [6.45, 7) is 2.52. The fourth-order valence-corrected chi connectivity index (χ4v) is 3.06. The van der Waals surface area contributed by atoms with Crippen LogP contribution in [-0.4, -0.2) is 17.4 Å². The Morgan fingerprint density at radius 3 is 3.06 bits per heavy atom. The van der Waals surface area contributed by atoms with E-state index < -0.39 is 0 Å². The number of rotatable bonds is 5. The molecule has 17 heavy (non-hydrogen) atoms. The van der Waals surface area contributed by atoms with E-state index in [1.54, 1.807) is 22.7 Å². The van der Waals surface area contributed by atoms with Gasteiger partial charge in [0.1, 0.15) is 5.01 Å². The van der Waals surface area contributed by atoms with E-state index in [9.17, 15) is 4.79 Å². The zero-order valence-electron chi connectivity index (χ0n) is 9.60. The second kappa shape index (κ2) is 5.93. The van der Waals surface area contributed by atoms with Crippen LogP contribution in [0.1, 0.15) is 19.0 Å². The fraction of sp³-hybridized carbons (Fsp3) is 0.333. The van der Waals surface area contributed by atoms with Crippen LogP contribution >= 0.6 is 22.7 Å². The fourth-order valence-electron chi connectivity index (χ4n) is 1.39. The molecule has 2 aromatic heterocycles. The second-order valence-corrected chi connectivity index (χ2v) is 5.38. The molecule has 0 atom stereocenters. The Bertz CT molecular complexity index is 476. The Kier molecular flexibility index (Phi) is 4.28. The van der Waals surface area contributed by atoms with Crippen LogP contribution in [-0.2, 0) is 11.2 Å². The first-order chi connectivity index (χ1) is 8.29. The molecular formula is C12H14N2OS2. The van der Waals surface area contributed by atoms with E-state index in [1.165, 1.54) is 4.88 Å². The third-order valence-corrected chi connectivity index (χ3v) is 4.24. The maximum absolute atomic E-state index is 11.1. The Labute approximate surface area is 109 Å². The highest BCUT2D eigenvalue weighted by Gasteiger charge is 2.05. The van der Waals surface area contributed by atoms with Crippen molar-refractivity contribution >= 4 is 28.6 Å². The average molecular weight is 266 g/mol. The summed E-state index contributed by atoms with van der Waals surface area (Å²) < 4.78 is 0. The van der Waals surface area contributed by atoms with Crippen molar-refractivity contribution in [3.8, 4) is 9.88 Å². The number of hydrogen-bond acceptors (Lipinski definition) is 4. The molecular weight excluding hydrogens is 252 g/mol. The Morgan fingerprint density at radius 2 is 2.35 bits per heavy atom. The Balaban J connectivity index is 1.89. The van der Waals surface area contributed by atoms with Gasteiger partial charge in [-0.25, -0.2) is 4.98 Å². The van der Waals surface area contributed by atoms with Crippen LogP contribution in [0, 0.1) is 0 Å². The summed E-state index contributed by atoms with van der Waals surface area (Å²) in [6.07, 6.45) is 1.34. The molecule has 0 saturated carbocycles. The second-order valence-electron chi connectivity index (χ2n) is 3.57. The van der Waals surface area contributed by atoms with E-state index in [4.69, 9.17) is 0 Å². The van der Waals surface area contributed by atoms with Gasteiger partial charge in [0.25, 0.3) is 0 Å². The molecule has 0 saturated heterocycles. The molecule has 1 N–H and O–H groups in total. The normalized spacial score (nSPS) is 10.4. The molecule has 0 radical (unpaired) electrons. The van der Waals surface area contributed by atoms with Crippen LogP contribution in [0.2, 0.25) is 0 Å². The van der Waals surface area contributed by atoms with Gasteiger partial charge in [0.15, 0.2) is 0 Å². The van der Waals surface area contributed by atoms with E-state index in [1.807, 2.05) is 13.0 Å². The average Bonchev–Trinajstić information content (AvgIpc) is 2.98. The number of carbonyl (C=O) groups excluding carboxylic acids is 1. The molecule has 5 heteroatoms. The topological polar surface area (TPSA) is 42.0 Å². The van der Waals surface area contributed by atoms with Crippen LogP contribution in [0.5, 0.6) is 0 Å². The number of nitrogens with zero attached hydrogens (tertiary/aromatic N) is 1. The molecule has 0 bridgehead atoms. The van der Waals surface area contributed by atoms with Gasteiger partial charge in [0.05, 0.1) is 10.6 Å². The lowest BCUT2D eigenvalue weighted by atomic mass is 10.3. The third kappa shape index (κ3) is 3.38. The predicted octanol–water partition coefficient (Wildman–Crippen LogP) is 2.94. The van der Waals surface area contributed by atoms with Crippen molar-refractivity contribution in [1.82, 2.24) is 10.3 Å². The first kappa shape index (κ1) is 12.3. The summed E-state index contributed by atoms with van der Waals surface area (Å²) in [5.41, 5.74) is 1.05. The number of carbonyl (C=O) groups is 1. The minimum Gasteiger partial charge on any atom is -0.356 e. The highest BCUT2D eigenvalue weighted by atomic mass is 32.1. The van der Waals surface area contributed by atoms with Crippen LogP contribution in [0.25, 0.3) is 9.88 Å².